The van der Waals surface area contributed by atoms with Gasteiger partial charge < -0.3 is 14.2 Å². The lowest BCUT2D eigenvalue weighted by Gasteiger charge is -2.24. The maximum Gasteiger partial charge on any atom is 0.236 e. The Morgan fingerprint density at radius 1 is 0.967 bits per heavy atom. The SMILES string of the molecule is Cn1ccnc1COc1ccc(CN2CCCN(CC(=O)N3CCCC3)CC2)cc1. The van der Waals surface area contributed by atoms with E-state index in [1.807, 2.05) is 34.8 Å². The number of carbonyl (C=O) groups excluding carboxylic acids is 1. The number of benzene rings is 1. The van der Waals surface area contributed by atoms with Crippen LogP contribution in [-0.4, -0.2) is 76.0 Å². The Labute approximate surface area is 179 Å². The van der Waals surface area contributed by atoms with Crippen LogP contribution in [0.3, 0.4) is 0 Å². The van der Waals surface area contributed by atoms with E-state index in [2.05, 4.69) is 26.9 Å². The molecule has 2 aliphatic heterocycles. The Balaban J connectivity index is 1.22. The third-order valence-electron chi connectivity index (χ3n) is 6.12. The fraction of sp³-hybridized carbons (Fsp3) is 0.565. The fourth-order valence-corrected chi connectivity index (χ4v) is 4.23. The molecule has 0 bridgehead atoms. The van der Waals surface area contributed by atoms with Gasteiger partial charge in [-0.15, -0.1) is 0 Å². The second kappa shape index (κ2) is 10.1. The molecule has 2 saturated heterocycles. The first-order valence-corrected chi connectivity index (χ1v) is 11.1. The van der Waals surface area contributed by atoms with Crippen molar-refractivity contribution in [1.29, 1.82) is 0 Å². The normalized spacial score (nSPS) is 18.5. The number of hydrogen-bond donors (Lipinski definition) is 0. The Morgan fingerprint density at radius 2 is 1.70 bits per heavy atom. The summed E-state index contributed by atoms with van der Waals surface area (Å²) in [6.07, 6.45) is 7.13. The van der Waals surface area contributed by atoms with Gasteiger partial charge in [0.05, 0.1) is 6.54 Å². The standard InChI is InChI=1S/C23H33N5O2/c1-25-14-9-24-22(25)19-30-21-7-5-20(6-8-21)17-26-10-4-11-27(16-15-26)18-23(29)28-12-2-3-13-28/h5-9,14H,2-4,10-13,15-19H2,1H3. The number of likely N-dealkylation sites (tertiary alicyclic amines) is 1. The number of imidazole rings is 1. The van der Waals surface area contributed by atoms with Crippen LogP contribution in [0.1, 0.15) is 30.7 Å². The van der Waals surface area contributed by atoms with Crippen molar-refractivity contribution in [3.05, 3.63) is 48.0 Å². The third kappa shape index (κ3) is 5.61. The average Bonchev–Trinajstić information content (AvgIpc) is 3.38. The predicted molar refractivity (Wildman–Crippen MR) is 116 cm³/mol. The highest BCUT2D eigenvalue weighted by molar-refractivity contribution is 5.78. The van der Waals surface area contributed by atoms with E-state index < -0.39 is 0 Å². The summed E-state index contributed by atoms with van der Waals surface area (Å²) < 4.78 is 7.82. The van der Waals surface area contributed by atoms with Crippen LogP contribution in [0.5, 0.6) is 5.75 Å². The van der Waals surface area contributed by atoms with Crippen LogP contribution in [0.2, 0.25) is 0 Å². The van der Waals surface area contributed by atoms with Crippen molar-refractivity contribution in [1.82, 2.24) is 24.3 Å². The number of nitrogens with zero attached hydrogens (tertiary/aromatic N) is 5. The summed E-state index contributed by atoms with van der Waals surface area (Å²) in [6.45, 7) is 7.93. The van der Waals surface area contributed by atoms with Crippen molar-refractivity contribution in [2.75, 3.05) is 45.8 Å². The van der Waals surface area contributed by atoms with E-state index in [0.717, 1.165) is 76.6 Å². The predicted octanol–water partition coefficient (Wildman–Crippen LogP) is 2.13. The molecule has 2 fully saturated rings. The van der Waals surface area contributed by atoms with Crippen LogP contribution < -0.4 is 4.74 Å². The molecular formula is C23H33N5O2. The molecule has 0 unspecified atom stereocenters. The van der Waals surface area contributed by atoms with Crippen LogP contribution in [-0.2, 0) is 25.0 Å². The van der Waals surface area contributed by atoms with E-state index in [9.17, 15) is 4.79 Å². The molecule has 2 aliphatic rings. The summed E-state index contributed by atoms with van der Waals surface area (Å²) in [5.41, 5.74) is 1.29. The van der Waals surface area contributed by atoms with E-state index >= 15 is 0 Å². The topological polar surface area (TPSA) is 53.8 Å². The molecule has 7 heteroatoms. The Morgan fingerprint density at radius 3 is 2.43 bits per heavy atom. The molecule has 0 aliphatic carbocycles. The minimum Gasteiger partial charge on any atom is -0.486 e. The smallest absolute Gasteiger partial charge is 0.236 e. The molecule has 0 atom stereocenters. The van der Waals surface area contributed by atoms with Gasteiger partial charge in [-0.1, -0.05) is 12.1 Å². The highest BCUT2D eigenvalue weighted by Gasteiger charge is 2.22. The fourth-order valence-electron chi connectivity index (χ4n) is 4.23. The average molecular weight is 412 g/mol. The molecule has 3 heterocycles. The number of ether oxygens (including phenoxy) is 1. The van der Waals surface area contributed by atoms with Gasteiger partial charge in [0.25, 0.3) is 0 Å². The summed E-state index contributed by atoms with van der Waals surface area (Å²) in [5.74, 6) is 2.09. The van der Waals surface area contributed by atoms with Gasteiger partial charge in [0, 0.05) is 52.2 Å². The van der Waals surface area contributed by atoms with Gasteiger partial charge >= 0.3 is 0 Å². The second-order valence-electron chi connectivity index (χ2n) is 8.38. The summed E-state index contributed by atoms with van der Waals surface area (Å²) in [7, 11) is 1.97. The molecule has 7 nitrogen and oxygen atoms in total. The first-order chi connectivity index (χ1) is 14.7. The lowest BCUT2D eigenvalue weighted by molar-refractivity contribution is -0.131. The van der Waals surface area contributed by atoms with E-state index in [4.69, 9.17) is 4.74 Å². The zero-order valence-corrected chi connectivity index (χ0v) is 18.0. The number of aryl methyl sites for hydroxylation is 1. The van der Waals surface area contributed by atoms with Crippen molar-refractivity contribution < 1.29 is 9.53 Å². The second-order valence-corrected chi connectivity index (χ2v) is 8.38. The molecule has 1 amide bonds. The van der Waals surface area contributed by atoms with Gasteiger partial charge in [-0.25, -0.2) is 4.98 Å². The lowest BCUT2D eigenvalue weighted by atomic mass is 10.2. The highest BCUT2D eigenvalue weighted by atomic mass is 16.5. The van der Waals surface area contributed by atoms with Gasteiger partial charge in [0.2, 0.25) is 5.91 Å². The van der Waals surface area contributed by atoms with Crippen LogP contribution in [0.15, 0.2) is 36.7 Å². The van der Waals surface area contributed by atoms with Gasteiger partial charge in [0.1, 0.15) is 18.2 Å². The van der Waals surface area contributed by atoms with Crippen LogP contribution in [0.25, 0.3) is 0 Å². The molecule has 4 rings (SSSR count). The summed E-state index contributed by atoms with van der Waals surface area (Å²) in [5, 5.41) is 0. The zero-order chi connectivity index (χ0) is 20.8. The molecule has 162 valence electrons. The van der Waals surface area contributed by atoms with E-state index in [-0.39, 0.29) is 0 Å². The molecule has 0 radical (unpaired) electrons. The number of amides is 1. The van der Waals surface area contributed by atoms with Crippen LogP contribution >= 0.6 is 0 Å². The maximum atomic E-state index is 12.4. The minimum atomic E-state index is 0.307. The maximum absolute atomic E-state index is 12.4. The van der Waals surface area contributed by atoms with Crippen molar-refractivity contribution >= 4 is 5.91 Å². The number of carbonyl (C=O) groups is 1. The van der Waals surface area contributed by atoms with E-state index in [0.29, 0.717) is 19.1 Å². The largest absolute Gasteiger partial charge is 0.486 e. The van der Waals surface area contributed by atoms with E-state index in [1.54, 1.807) is 6.20 Å². The van der Waals surface area contributed by atoms with Gasteiger partial charge in [-0.3, -0.25) is 14.6 Å². The minimum absolute atomic E-state index is 0.307. The van der Waals surface area contributed by atoms with Crippen LogP contribution in [0, 0.1) is 0 Å². The number of hydrogen-bond acceptors (Lipinski definition) is 5. The van der Waals surface area contributed by atoms with Crippen LogP contribution in [0.4, 0.5) is 0 Å². The molecule has 0 spiro atoms. The number of rotatable bonds is 7. The Hall–Kier alpha value is -2.38. The monoisotopic (exact) mass is 411 g/mol. The van der Waals surface area contributed by atoms with Crippen molar-refractivity contribution in [2.45, 2.75) is 32.4 Å². The first kappa shape index (κ1) is 20.9. The molecule has 30 heavy (non-hydrogen) atoms. The van der Waals surface area contributed by atoms with Crippen molar-refractivity contribution in [2.24, 2.45) is 7.05 Å². The van der Waals surface area contributed by atoms with Crippen molar-refractivity contribution in [3.63, 3.8) is 0 Å². The van der Waals surface area contributed by atoms with Crippen molar-refractivity contribution in [3.8, 4) is 5.75 Å². The lowest BCUT2D eigenvalue weighted by Crippen LogP contribution is -2.40. The van der Waals surface area contributed by atoms with Gasteiger partial charge in [0.15, 0.2) is 0 Å². The van der Waals surface area contributed by atoms with Gasteiger partial charge in [-0.05, 0) is 50.0 Å². The third-order valence-corrected chi connectivity index (χ3v) is 6.12. The number of aromatic nitrogens is 2. The summed E-state index contributed by atoms with van der Waals surface area (Å²) in [4.78, 5) is 23.6. The Bertz CT molecular complexity index is 813. The molecule has 1 aromatic heterocycles. The summed E-state index contributed by atoms with van der Waals surface area (Å²) >= 11 is 0. The molecule has 1 aromatic carbocycles. The summed E-state index contributed by atoms with van der Waals surface area (Å²) in [6, 6.07) is 8.37. The highest BCUT2D eigenvalue weighted by Crippen LogP contribution is 2.16. The zero-order valence-electron chi connectivity index (χ0n) is 18.0. The molecule has 0 saturated carbocycles. The molecule has 0 N–H and O–H groups in total. The van der Waals surface area contributed by atoms with E-state index in [1.165, 1.54) is 5.56 Å². The quantitative estimate of drug-likeness (QED) is 0.699. The molecular weight excluding hydrogens is 378 g/mol. The Kier molecular flexibility index (Phi) is 7.02. The molecule has 2 aromatic rings. The van der Waals surface area contributed by atoms with Gasteiger partial charge in [-0.2, -0.15) is 0 Å². The first-order valence-electron chi connectivity index (χ1n) is 11.1.